The number of anilines is 2. The highest BCUT2D eigenvalue weighted by Gasteiger charge is 2.19. The van der Waals surface area contributed by atoms with Crippen molar-refractivity contribution in [3.63, 3.8) is 0 Å². The maximum Gasteiger partial charge on any atom is 0.146 e. The smallest absolute Gasteiger partial charge is 0.146 e. The van der Waals surface area contributed by atoms with Crippen molar-refractivity contribution in [3.05, 3.63) is 64.3 Å². The summed E-state index contributed by atoms with van der Waals surface area (Å²) < 4.78 is 29.1. The van der Waals surface area contributed by atoms with Crippen molar-refractivity contribution in [1.29, 1.82) is 0 Å². The molecule has 124 valence electrons. The van der Waals surface area contributed by atoms with Gasteiger partial charge in [0.25, 0.3) is 0 Å². The van der Waals surface area contributed by atoms with Crippen LogP contribution >= 0.6 is 11.6 Å². The lowest BCUT2D eigenvalue weighted by molar-refractivity contribution is 0.628. The van der Waals surface area contributed by atoms with Crippen molar-refractivity contribution < 1.29 is 8.78 Å². The molecule has 2 aromatic carbocycles. The summed E-state index contributed by atoms with van der Waals surface area (Å²) in [7, 11) is 1.75. The van der Waals surface area contributed by atoms with Crippen LogP contribution in [0.2, 0.25) is 5.02 Å². The normalized spacial score (nSPS) is 10.9. The lowest BCUT2D eigenvalue weighted by Crippen LogP contribution is -2.02. The Hall–Kier alpha value is -2.40. The van der Waals surface area contributed by atoms with E-state index in [4.69, 9.17) is 11.6 Å². The number of hydrogen-bond acceptors (Lipinski definition) is 2. The molecule has 0 unspecified atom stereocenters. The number of halogens is 3. The van der Waals surface area contributed by atoms with Crippen molar-refractivity contribution in [2.24, 2.45) is 7.05 Å². The molecule has 0 bridgehead atoms. The first-order chi connectivity index (χ1) is 11.4. The van der Waals surface area contributed by atoms with E-state index in [0.29, 0.717) is 28.3 Å². The van der Waals surface area contributed by atoms with Crippen LogP contribution in [-0.2, 0) is 7.05 Å². The van der Waals surface area contributed by atoms with Gasteiger partial charge in [0.05, 0.1) is 16.4 Å². The summed E-state index contributed by atoms with van der Waals surface area (Å²) in [6.07, 6.45) is 0. The van der Waals surface area contributed by atoms with Crippen molar-refractivity contribution in [3.8, 4) is 11.1 Å². The second kappa shape index (κ2) is 6.24. The van der Waals surface area contributed by atoms with Crippen LogP contribution in [-0.4, -0.2) is 9.78 Å². The Bertz CT molecular complexity index is 919. The van der Waals surface area contributed by atoms with Gasteiger partial charge in [-0.05, 0) is 49.7 Å². The SMILES string of the molecule is Cc1ccc(Nc2c(-c3ccc(F)cc3Cl)c(C)nn2C)c(F)c1. The van der Waals surface area contributed by atoms with Gasteiger partial charge in [0.15, 0.2) is 0 Å². The minimum Gasteiger partial charge on any atom is -0.338 e. The van der Waals surface area contributed by atoms with Gasteiger partial charge in [-0.3, -0.25) is 4.68 Å². The molecule has 0 amide bonds. The summed E-state index contributed by atoms with van der Waals surface area (Å²) in [6, 6.07) is 9.13. The molecule has 3 nitrogen and oxygen atoms in total. The van der Waals surface area contributed by atoms with Gasteiger partial charge >= 0.3 is 0 Å². The molecule has 0 saturated heterocycles. The Kier molecular flexibility index (Phi) is 4.28. The van der Waals surface area contributed by atoms with Gasteiger partial charge in [-0.15, -0.1) is 0 Å². The zero-order valence-electron chi connectivity index (χ0n) is 13.5. The van der Waals surface area contributed by atoms with Crippen LogP contribution in [0.25, 0.3) is 11.1 Å². The minimum atomic E-state index is -0.413. The van der Waals surface area contributed by atoms with E-state index in [0.717, 1.165) is 5.56 Å². The van der Waals surface area contributed by atoms with Crippen LogP contribution in [0.5, 0.6) is 0 Å². The maximum absolute atomic E-state index is 14.2. The molecule has 0 spiro atoms. The molecule has 0 aliphatic heterocycles. The lowest BCUT2D eigenvalue weighted by atomic mass is 10.1. The van der Waals surface area contributed by atoms with Crippen molar-refractivity contribution in [1.82, 2.24) is 9.78 Å². The van der Waals surface area contributed by atoms with E-state index < -0.39 is 5.82 Å². The van der Waals surface area contributed by atoms with E-state index in [9.17, 15) is 8.78 Å². The van der Waals surface area contributed by atoms with E-state index in [1.807, 2.05) is 19.9 Å². The molecule has 0 atom stereocenters. The van der Waals surface area contributed by atoms with Crippen LogP contribution < -0.4 is 5.32 Å². The Morgan fingerprint density at radius 1 is 1.08 bits per heavy atom. The number of benzene rings is 2. The van der Waals surface area contributed by atoms with Gasteiger partial charge in [0.1, 0.15) is 17.5 Å². The van der Waals surface area contributed by atoms with Crippen LogP contribution in [0.4, 0.5) is 20.3 Å². The molecular weight excluding hydrogens is 332 g/mol. The summed E-state index contributed by atoms with van der Waals surface area (Å²) in [5.41, 5.74) is 3.23. The Labute approximate surface area is 143 Å². The van der Waals surface area contributed by atoms with Crippen LogP contribution in [0.3, 0.4) is 0 Å². The molecule has 0 radical (unpaired) electrons. The molecule has 0 fully saturated rings. The number of aryl methyl sites for hydroxylation is 3. The van der Waals surface area contributed by atoms with Gasteiger partial charge < -0.3 is 5.32 Å². The van der Waals surface area contributed by atoms with Crippen LogP contribution in [0.1, 0.15) is 11.3 Å². The Morgan fingerprint density at radius 3 is 2.50 bits per heavy atom. The number of hydrogen-bond donors (Lipinski definition) is 1. The van der Waals surface area contributed by atoms with Crippen molar-refractivity contribution >= 4 is 23.1 Å². The fourth-order valence-corrected chi connectivity index (χ4v) is 2.93. The largest absolute Gasteiger partial charge is 0.338 e. The number of rotatable bonds is 3. The minimum absolute atomic E-state index is 0.276. The molecule has 6 heteroatoms. The topological polar surface area (TPSA) is 29.9 Å². The van der Waals surface area contributed by atoms with Gasteiger partial charge in [0, 0.05) is 18.2 Å². The van der Waals surface area contributed by atoms with Gasteiger partial charge in [-0.2, -0.15) is 5.10 Å². The first-order valence-electron chi connectivity index (χ1n) is 7.39. The molecule has 1 aromatic heterocycles. The molecule has 24 heavy (non-hydrogen) atoms. The van der Waals surface area contributed by atoms with E-state index in [1.54, 1.807) is 23.9 Å². The number of nitrogens with one attached hydrogen (secondary N) is 1. The molecule has 0 aliphatic carbocycles. The first-order valence-corrected chi connectivity index (χ1v) is 7.77. The fraction of sp³-hybridized carbons (Fsp3) is 0.167. The summed E-state index contributed by atoms with van der Waals surface area (Å²) >= 11 is 6.19. The predicted molar refractivity (Wildman–Crippen MR) is 92.8 cm³/mol. The molecule has 3 aromatic rings. The number of nitrogens with zero attached hydrogens (tertiary/aromatic N) is 2. The number of aromatic nitrogens is 2. The van der Waals surface area contributed by atoms with E-state index in [2.05, 4.69) is 10.4 Å². The second-order valence-electron chi connectivity index (χ2n) is 5.67. The van der Waals surface area contributed by atoms with E-state index in [-0.39, 0.29) is 10.8 Å². The first kappa shape index (κ1) is 16.5. The zero-order chi connectivity index (χ0) is 17.4. The standard InChI is InChI=1S/C18H16ClF2N3/c1-10-4-7-16(15(21)8-10)22-18-17(11(2)23-24(18)3)13-6-5-12(20)9-14(13)19/h4-9,22H,1-3H3. The van der Waals surface area contributed by atoms with Crippen LogP contribution in [0, 0.1) is 25.5 Å². The van der Waals surface area contributed by atoms with E-state index in [1.165, 1.54) is 18.2 Å². The van der Waals surface area contributed by atoms with Gasteiger partial charge in [-0.25, -0.2) is 8.78 Å². The fourth-order valence-electron chi connectivity index (χ4n) is 2.67. The average Bonchev–Trinajstić information content (AvgIpc) is 2.76. The van der Waals surface area contributed by atoms with Crippen molar-refractivity contribution in [2.75, 3.05) is 5.32 Å². The summed E-state index contributed by atoms with van der Waals surface area (Å²) in [4.78, 5) is 0. The van der Waals surface area contributed by atoms with Gasteiger partial charge in [-0.1, -0.05) is 17.7 Å². The van der Waals surface area contributed by atoms with Crippen LogP contribution in [0.15, 0.2) is 36.4 Å². The molecule has 3 rings (SSSR count). The average molecular weight is 348 g/mol. The van der Waals surface area contributed by atoms with Gasteiger partial charge in [0.2, 0.25) is 0 Å². The molecule has 1 N–H and O–H groups in total. The quantitative estimate of drug-likeness (QED) is 0.689. The summed E-state index contributed by atoms with van der Waals surface area (Å²) in [5, 5.41) is 7.72. The van der Waals surface area contributed by atoms with Crippen molar-refractivity contribution in [2.45, 2.75) is 13.8 Å². The third-order valence-electron chi connectivity index (χ3n) is 3.80. The third-order valence-corrected chi connectivity index (χ3v) is 4.11. The second-order valence-corrected chi connectivity index (χ2v) is 6.07. The lowest BCUT2D eigenvalue weighted by Gasteiger charge is -2.12. The Balaban J connectivity index is 2.12. The molecule has 1 heterocycles. The summed E-state index contributed by atoms with van der Waals surface area (Å²) in [6.45, 7) is 3.65. The van der Waals surface area contributed by atoms with E-state index >= 15 is 0 Å². The monoisotopic (exact) mass is 347 g/mol. The molecule has 0 saturated carbocycles. The highest BCUT2D eigenvalue weighted by atomic mass is 35.5. The zero-order valence-corrected chi connectivity index (χ0v) is 14.2. The summed E-state index contributed by atoms with van der Waals surface area (Å²) in [5.74, 6) is -0.182. The third kappa shape index (κ3) is 2.99. The Morgan fingerprint density at radius 2 is 1.83 bits per heavy atom. The molecule has 0 aliphatic rings. The molecular formula is C18H16ClF2N3. The highest BCUT2D eigenvalue weighted by molar-refractivity contribution is 6.33. The predicted octanol–water partition coefficient (Wildman–Crippen LogP) is 5.38. The maximum atomic E-state index is 14.2. The highest BCUT2D eigenvalue weighted by Crippen LogP contribution is 2.37.